The van der Waals surface area contributed by atoms with E-state index in [4.69, 9.17) is 0 Å². The van der Waals surface area contributed by atoms with Crippen molar-refractivity contribution in [2.45, 2.75) is 0 Å². The Morgan fingerprint density at radius 1 is 1.11 bits per heavy atom. The van der Waals surface area contributed by atoms with E-state index >= 15 is 0 Å². The lowest BCUT2D eigenvalue weighted by atomic mass is 10.3. The molecule has 0 atom stereocenters. The molecule has 2 heterocycles. The molecule has 2 N–H and O–H groups in total. The molecule has 0 aliphatic heterocycles. The van der Waals surface area contributed by atoms with Gasteiger partial charge < -0.3 is 5.43 Å². The molecule has 0 aliphatic rings. The maximum absolute atomic E-state index is 4.35. The van der Waals surface area contributed by atoms with Crippen LogP contribution in [0.3, 0.4) is 0 Å². The smallest absolute Gasteiger partial charge is 0.168 e. The molecule has 3 rings (SSSR count). The number of nitrogens with zero attached hydrogens (tertiary/aromatic N) is 4. The van der Waals surface area contributed by atoms with Crippen molar-refractivity contribution >= 4 is 16.9 Å². The summed E-state index contributed by atoms with van der Waals surface area (Å²) in [6.45, 7) is 0. The maximum atomic E-state index is 4.35. The second kappa shape index (κ2) is 4.42. The van der Waals surface area contributed by atoms with Crippen LogP contribution in [-0.2, 0) is 0 Å². The lowest BCUT2D eigenvalue weighted by molar-refractivity contribution is 0.894. The molecule has 6 nitrogen and oxygen atoms in total. The Kier molecular flexibility index (Phi) is 2.62. The summed E-state index contributed by atoms with van der Waals surface area (Å²) < 4.78 is 1.79. The second-order valence-electron chi connectivity index (χ2n) is 3.73. The summed E-state index contributed by atoms with van der Waals surface area (Å²) in [7, 11) is 1.79. The van der Waals surface area contributed by atoms with Crippen LogP contribution in [0, 0.1) is 0 Å². The van der Waals surface area contributed by atoms with Crippen molar-refractivity contribution in [1.29, 1.82) is 0 Å². The Bertz CT molecular complexity index is 661. The largest absolute Gasteiger partial charge is 0.305 e. The van der Waals surface area contributed by atoms with Gasteiger partial charge in [0.05, 0.1) is 17.3 Å². The van der Waals surface area contributed by atoms with Crippen LogP contribution < -0.4 is 10.9 Å². The lowest BCUT2D eigenvalue weighted by Crippen LogP contribution is -2.16. The van der Waals surface area contributed by atoms with E-state index in [1.54, 1.807) is 17.9 Å². The number of para-hydroxylation sites is 1. The van der Waals surface area contributed by atoms with Crippen molar-refractivity contribution in [3.05, 3.63) is 42.9 Å². The molecule has 0 amide bonds. The number of nitrogens with one attached hydrogen (secondary N) is 2. The van der Waals surface area contributed by atoms with Gasteiger partial charge in [0, 0.05) is 7.05 Å². The molecule has 0 unspecified atom stereocenters. The standard InChI is InChI=1S/C12H12N6/c1-13-17-11-10-7-16-18(12(10)15-8-14-11)9-5-3-2-4-6-9/h2-8,13H,1H3,(H,14,15,17). The fourth-order valence-corrected chi connectivity index (χ4v) is 1.82. The van der Waals surface area contributed by atoms with E-state index in [1.807, 2.05) is 30.3 Å². The number of hydrogen-bond acceptors (Lipinski definition) is 5. The number of benzene rings is 1. The van der Waals surface area contributed by atoms with Crippen LogP contribution in [0.2, 0.25) is 0 Å². The lowest BCUT2D eigenvalue weighted by Gasteiger charge is -2.04. The highest BCUT2D eigenvalue weighted by Crippen LogP contribution is 2.20. The van der Waals surface area contributed by atoms with E-state index < -0.39 is 0 Å². The third-order valence-electron chi connectivity index (χ3n) is 2.61. The van der Waals surface area contributed by atoms with Crippen molar-refractivity contribution in [2.24, 2.45) is 0 Å². The monoisotopic (exact) mass is 240 g/mol. The first kappa shape index (κ1) is 10.7. The van der Waals surface area contributed by atoms with Gasteiger partial charge in [-0.25, -0.2) is 20.1 Å². The SMILES string of the molecule is CNNc1ncnc2c1cnn2-c1ccccc1. The molecule has 0 saturated heterocycles. The van der Waals surface area contributed by atoms with Crippen LogP contribution in [0.15, 0.2) is 42.9 Å². The van der Waals surface area contributed by atoms with Gasteiger partial charge in [-0.3, -0.25) is 0 Å². The van der Waals surface area contributed by atoms with Gasteiger partial charge in [0.25, 0.3) is 0 Å². The third-order valence-corrected chi connectivity index (χ3v) is 2.61. The van der Waals surface area contributed by atoms with Crippen LogP contribution in [0.5, 0.6) is 0 Å². The summed E-state index contributed by atoms with van der Waals surface area (Å²) in [6.07, 6.45) is 3.27. The molecule has 1 aromatic carbocycles. The topological polar surface area (TPSA) is 67.7 Å². The van der Waals surface area contributed by atoms with Gasteiger partial charge in [0.2, 0.25) is 0 Å². The summed E-state index contributed by atoms with van der Waals surface area (Å²) in [5, 5.41) is 5.23. The molecular formula is C12H12N6. The highest BCUT2D eigenvalue weighted by molar-refractivity contribution is 5.86. The molecule has 18 heavy (non-hydrogen) atoms. The Hall–Kier alpha value is -2.47. The molecule has 0 bridgehead atoms. The fraction of sp³-hybridized carbons (Fsp3) is 0.0833. The minimum Gasteiger partial charge on any atom is -0.305 e. The average Bonchev–Trinajstić information content (AvgIpc) is 2.85. The number of rotatable bonds is 3. The number of hydrogen-bond donors (Lipinski definition) is 2. The highest BCUT2D eigenvalue weighted by atomic mass is 15.4. The van der Waals surface area contributed by atoms with E-state index in [0.29, 0.717) is 5.82 Å². The zero-order chi connectivity index (χ0) is 12.4. The van der Waals surface area contributed by atoms with Gasteiger partial charge in [-0.1, -0.05) is 18.2 Å². The molecular weight excluding hydrogens is 228 g/mol. The minimum absolute atomic E-state index is 0.713. The number of hydrazine groups is 1. The number of anilines is 1. The summed E-state index contributed by atoms with van der Waals surface area (Å²) in [5.41, 5.74) is 7.55. The third kappa shape index (κ3) is 1.68. The maximum Gasteiger partial charge on any atom is 0.168 e. The summed E-state index contributed by atoms with van der Waals surface area (Å²) in [5.74, 6) is 0.713. The molecule has 3 aromatic rings. The normalized spacial score (nSPS) is 10.7. The summed E-state index contributed by atoms with van der Waals surface area (Å²) in [6, 6.07) is 9.88. The molecule has 0 saturated carbocycles. The Morgan fingerprint density at radius 3 is 2.72 bits per heavy atom. The highest BCUT2D eigenvalue weighted by Gasteiger charge is 2.09. The van der Waals surface area contributed by atoms with Gasteiger partial charge >= 0.3 is 0 Å². The molecule has 6 heteroatoms. The van der Waals surface area contributed by atoms with Crippen molar-refractivity contribution in [3.8, 4) is 5.69 Å². The van der Waals surface area contributed by atoms with Gasteiger partial charge in [-0.2, -0.15) is 5.10 Å². The molecule has 2 aromatic heterocycles. The Balaban J connectivity index is 2.18. The number of fused-ring (bicyclic) bond motifs is 1. The molecule has 0 aliphatic carbocycles. The van der Waals surface area contributed by atoms with Crippen LogP contribution in [0.25, 0.3) is 16.7 Å². The van der Waals surface area contributed by atoms with Crippen LogP contribution in [0.4, 0.5) is 5.82 Å². The predicted molar refractivity (Wildman–Crippen MR) is 69.3 cm³/mol. The average molecular weight is 240 g/mol. The van der Waals surface area contributed by atoms with Gasteiger partial charge in [-0.15, -0.1) is 0 Å². The molecule has 0 fully saturated rings. The van der Waals surface area contributed by atoms with E-state index in [1.165, 1.54) is 6.33 Å². The Labute approximate surface area is 104 Å². The first-order valence-corrected chi connectivity index (χ1v) is 5.57. The summed E-state index contributed by atoms with van der Waals surface area (Å²) in [4.78, 5) is 8.45. The zero-order valence-electron chi connectivity index (χ0n) is 9.83. The van der Waals surface area contributed by atoms with Crippen molar-refractivity contribution in [1.82, 2.24) is 25.2 Å². The molecule has 0 spiro atoms. The van der Waals surface area contributed by atoms with E-state index in [0.717, 1.165) is 16.7 Å². The first-order valence-electron chi connectivity index (χ1n) is 5.57. The predicted octanol–water partition coefficient (Wildman–Crippen LogP) is 1.36. The fourth-order valence-electron chi connectivity index (χ4n) is 1.82. The van der Waals surface area contributed by atoms with Crippen molar-refractivity contribution < 1.29 is 0 Å². The minimum atomic E-state index is 0.713. The van der Waals surface area contributed by atoms with Crippen LogP contribution >= 0.6 is 0 Å². The van der Waals surface area contributed by atoms with E-state index in [9.17, 15) is 0 Å². The Morgan fingerprint density at radius 2 is 1.94 bits per heavy atom. The second-order valence-corrected chi connectivity index (χ2v) is 3.73. The van der Waals surface area contributed by atoms with Gasteiger partial charge in [0.15, 0.2) is 11.5 Å². The molecule has 0 radical (unpaired) electrons. The van der Waals surface area contributed by atoms with Crippen LogP contribution in [0.1, 0.15) is 0 Å². The van der Waals surface area contributed by atoms with Crippen LogP contribution in [-0.4, -0.2) is 26.8 Å². The van der Waals surface area contributed by atoms with Gasteiger partial charge in [-0.05, 0) is 12.1 Å². The zero-order valence-corrected chi connectivity index (χ0v) is 9.83. The first-order chi connectivity index (χ1) is 8.90. The van der Waals surface area contributed by atoms with Gasteiger partial charge in [0.1, 0.15) is 6.33 Å². The quantitative estimate of drug-likeness (QED) is 0.677. The van der Waals surface area contributed by atoms with E-state index in [-0.39, 0.29) is 0 Å². The van der Waals surface area contributed by atoms with Crippen molar-refractivity contribution in [3.63, 3.8) is 0 Å². The number of aromatic nitrogens is 4. The molecule has 90 valence electrons. The van der Waals surface area contributed by atoms with Crippen molar-refractivity contribution in [2.75, 3.05) is 12.5 Å². The van der Waals surface area contributed by atoms with E-state index in [2.05, 4.69) is 25.9 Å². The summed E-state index contributed by atoms with van der Waals surface area (Å²) >= 11 is 0.